The van der Waals surface area contributed by atoms with Gasteiger partial charge in [-0.25, -0.2) is 0 Å². The Morgan fingerprint density at radius 1 is 1.11 bits per heavy atom. The summed E-state index contributed by atoms with van der Waals surface area (Å²) in [7, 11) is 1.67. The molecule has 4 heteroatoms. The van der Waals surface area contributed by atoms with Crippen LogP contribution in [0.15, 0.2) is 42.5 Å². The van der Waals surface area contributed by atoms with Gasteiger partial charge in [0.25, 0.3) is 0 Å². The largest absolute Gasteiger partial charge is 0.495 e. The fourth-order valence-corrected chi connectivity index (χ4v) is 2.67. The van der Waals surface area contributed by atoms with Gasteiger partial charge in [-0.05, 0) is 42.9 Å². The summed E-state index contributed by atoms with van der Waals surface area (Å²) >= 11 is 5.45. The molecule has 0 fully saturated rings. The first kappa shape index (κ1) is 12.0. The summed E-state index contributed by atoms with van der Waals surface area (Å²) in [5.74, 6) is 0.808. The number of methoxy groups -OCH3 is 1. The highest BCUT2D eigenvalue weighted by Gasteiger charge is 2.11. The monoisotopic (exact) mass is 270 g/mol. The van der Waals surface area contributed by atoms with Crippen molar-refractivity contribution in [1.82, 2.24) is 9.55 Å². The number of para-hydroxylation sites is 3. The van der Waals surface area contributed by atoms with Crippen LogP contribution in [0.3, 0.4) is 0 Å². The SMILES string of the molecule is COc1ccccc1-n1c(=S)[nH]c2cccc(C)c21. The molecule has 1 aromatic heterocycles. The van der Waals surface area contributed by atoms with Gasteiger partial charge in [-0.2, -0.15) is 0 Å². The van der Waals surface area contributed by atoms with Gasteiger partial charge in [0.2, 0.25) is 0 Å². The number of aromatic nitrogens is 2. The summed E-state index contributed by atoms with van der Waals surface area (Å²) < 4.78 is 8.13. The first-order valence-corrected chi connectivity index (χ1v) is 6.47. The molecule has 0 radical (unpaired) electrons. The van der Waals surface area contributed by atoms with Crippen molar-refractivity contribution in [3.05, 3.63) is 52.8 Å². The minimum Gasteiger partial charge on any atom is -0.495 e. The van der Waals surface area contributed by atoms with Gasteiger partial charge < -0.3 is 9.72 Å². The van der Waals surface area contributed by atoms with Crippen molar-refractivity contribution in [2.75, 3.05) is 7.11 Å². The molecular weight excluding hydrogens is 256 g/mol. The molecule has 0 atom stereocenters. The van der Waals surface area contributed by atoms with Crippen LogP contribution < -0.4 is 4.74 Å². The minimum absolute atomic E-state index is 0.675. The van der Waals surface area contributed by atoms with Crippen LogP contribution >= 0.6 is 12.2 Å². The molecule has 0 aliphatic heterocycles. The molecule has 0 amide bonds. The molecule has 0 unspecified atom stereocenters. The average molecular weight is 270 g/mol. The van der Waals surface area contributed by atoms with Crippen molar-refractivity contribution in [2.24, 2.45) is 0 Å². The third-order valence-electron chi connectivity index (χ3n) is 3.23. The van der Waals surface area contributed by atoms with Gasteiger partial charge in [0, 0.05) is 0 Å². The molecule has 1 N–H and O–H groups in total. The Balaban J connectivity index is 2.43. The number of nitrogens with zero attached hydrogens (tertiary/aromatic N) is 1. The highest BCUT2D eigenvalue weighted by atomic mass is 32.1. The van der Waals surface area contributed by atoms with E-state index >= 15 is 0 Å². The highest BCUT2D eigenvalue weighted by molar-refractivity contribution is 7.71. The summed E-state index contributed by atoms with van der Waals surface area (Å²) in [4.78, 5) is 3.24. The smallest absolute Gasteiger partial charge is 0.182 e. The maximum atomic E-state index is 5.45. The topological polar surface area (TPSA) is 29.9 Å². The molecule has 3 rings (SSSR count). The van der Waals surface area contributed by atoms with Crippen molar-refractivity contribution >= 4 is 23.3 Å². The van der Waals surface area contributed by atoms with E-state index in [2.05, 4.69) is 18.0 Å². The molecule has 0 spiro atoms. The molecule has 3 aromatic rings. The normalized spacial score (nSPS) is 10.8. The quantitative estimate of drug-likeness (QED) is 0.713. The van der Waals surface area contributed by atoms with Gasteiger partial charge >= 0.3 is 0 Å². The zero-order valence-corrected chi connectivity index (χ0v) is 11.6. The first-order chi connectivity index (χ1) is 9.22. The van der Waals surface area contributed by atoms with Gasteiger partial charge in [0.15, 0.2) is 4.77 Å². The van der Waals surface area contributed by atoms with E-state index in [1.165, 1.54) is 5.56 Å². The number of aryl methyl sites for hydroxylation is 1. The third-order valence-corrected chi connectivity index (χ3v) is 3.52. The minimum atomic E-state index is 0.675. The standard InChI is InChI=1S/C15H14N2OS/c1-10-6-5-7-11-14(10)17(15(19)16-11)12-8-3-4-9-13(12)18-2/h3-9H,1-2H3,(H,16,19). The highest BCUT2D eigenvalue weighted by Crippen LogP contribution is 2.28. The zero-order chi connectivity index (χ0) is 13.4. The van der Waals surface area contributed by atoms with Crippen molar-refractivity contribution in [2.45, 2.75) is 6.92 Å². The van der Waals surface area contributed by atoms with Gasteiger partial charge in [-0.15, -0.1) is 0 Å². The van der Waals surface area contributed by atoms with E-state index in [-0.39, 0.29) is 0 Å². The Morgan fingerprint density at radius 3 is 2.68 bits per heavy atom. The van der Waals surface area contributed by atoms with Crippen LogP contribution in [0.2, 0.25) is 0 Å². The van der Waals surface area contributed by atoms with Crippen LogP contribution in [0.1, 0.15) is 5.56 Å². The number of rotatable bonds is 2. The Hall–Kier alpha value is -2.07. The number of H-pyrrole nitrogens is 1. The maximum Gasteiger partial charge on any atom is 0.182 e. The van der Waals surface area contributed by atoms with E-state index < -0.39 is 0 Å². The Bertz CT molecular complexity index is 801. The van der Waals surface area contributed by atoms with E-state index in [1.54, 1.807) is 7.11 Å². The lowest BCUT2D eigenvalue weighted by Crippen LogP contribution is -1.98. The fourth-order valence-electron chi connectivity index (χ4n) is 2.37. The van der Waals surface area contributed by atoms with Crippen molar-refractivity contribution in [3.63, 3.8) is 0 Å². The Labute approximate surface area is 116 Å². The van der Waals surface area contributed by atoms with E-state index in [1.807, 2.05) is 41.0 Å². The number of hydrogen-bond donors (Lipinski definition) is 1. The number of benzene rings is 2. The summed E-state index contributed by atoms with van der Waals surface area (Å²) in [6.07, 6.45) is 0. The molecule has 96 valence electrons. The van der Waals surface area contributed by atoms with Crippen LogP contribution in [0, 0.1) is 11.7 Å². The molecule has 0 aliphatic carbocycles. The second kappa shape index (κ2) is 4.55. The zero-order valence-electron chi connectivity index (χ0n) is 10.8. The van der Waals surface area contributed by atoms with Gasteiger partial charge in [0.1, 0.15) is 5.75 Å². The van der Waals surface area contributed by atoms with Crippen molar-refractivity contribution in [3.8, 4) is 11.4 Å². The third kappa shape index (κ3) is 1.85. The molecule has 1 heterocycles. The second-order valence-electron chi connectivity index (χ2n) is 4.41. The molecule has 2 aromatic carbocycles. The first-order valence-electron chi connectivity index (χ1n) is 6.06. The fraction of sp³-hybridized carbons (Fsp3) is 0.133. The van der Waals surface area contributed by atoms with Crippen molar-refractivity contribution in [1.29, 1.82) is 0 Å². The second-order valence-corrected chi connectivity index (χ2v) is 4.80. The van der Waals surface area contributed by atoms with E-state index in [0.29, 0.717) is 4.77 Å². The number of fused-ring (bicyclic) bond motifs is 1. The average Bonchev–Trinajstić information content (AvgIpc) is 2.76. The summed E-state index contributed by atoms with van der Waals surface area (Å²) in [5, 5.41) is 0. The predicted molar refractivity (Wildman–Crippen MR) is 79.7 cm³/mol. The molecule has 0 saturated heterocycles. The maximum absolute atomic E-state index is 5.45. The van der Waals surface area contributed by atoms with Crippen molar-refractivity contribution < 1.29 is 4.74 Å². The van der Waals surface area contributed by atoms with Crippen LogP contribution in [0.25, 0.3) is 16.7 Å². The number of hydrogen-bond acceptors (Lipinski definition) is 2. The van der Waals surface area contributed by atoms with Gasteiger partial charge in [-0.1, -0.05) is 24.3 Å². The number of ether oxygens (including phenoxy) is 1. The Kier molecular flexibility index (Phi) is 2.87. The predicted octanol–water partition coefficient (Wildman–Crippen LogP) is 4.01. The summed E-state index contributed by atoms with van der Waals surface area (Å²) in [6, 6.07) is 14.0. The van der Waals surface area contributed by atoms with E-state index in [0.717, 1.165) is 22.5 Å². The number of imidazole rings is 1. The number of nitrogens with one attached hydrogen (secondary N) is 1. The lowest BCUT2D eigenvalue weighted by Gasteiger charge is -2.11. The van der Waals surface area contributed by atoms with Gasteiger partial charge in [-0.3, -0.25) is 4.57 Å². The van der Waals surface area contributed by atoms with E-state index in [4.69, 9.17) is 17.0 Å². The van der Waals surface area contributed by atoms with Crippen LogP contribution in [-0.4, -0.2) is 16.7 Å². The van der Waals surface area contributed by atoms with E-state index in [9.17, 15) is 0 Å². The molecule has 0 bridgehead atoms. The Morgan fingerprint density at radius 2 is 1.89 bits per heavy atom. The van der Waals surface area contributed by atoms with Crippen LogP contribution in [0.4, 0.5) is 0 Å². The molecule has 3 nitrogen and oxygen atoms in total. The van der Waals surface area contributed by atoms with Crippen LogP contribution in [-0.2, 0) is 0 Å². The molecular formula is C15H14N2OS. The molecule has 19 heavy (non-hydrogen) atoms. The number of aromatic amines is 1. The molecule has 0 aliphatic rings. The lowest BCUT2D eigenvalue weighted by atomic mass is 10.2. The summed E-state index contributed by atoms with van der Waals surface area (Å²) in [6.45, 7) is 2.08. The summed E-state index contributed by atoms with van der Waals surface area (Å²) in [5.41, 5.74) is 4.26. The lowest BCUT2D eigenvalue weighted by molar-refractivity contribution is 0.413. The van der Waals surface area contributed by atoms with Crippen LogP contribution in [0.5, 0.6) is 5.75 Å². The molecule has 0 saturated carbocycles. The van der Waals surface area contributed by atoms with Gasteiger partial charge in [0.05, 0.1) is 23.8 Å².